The molecule has 0 saturated carbocycles. The maximum absolute atomic E-state index is 13.4. The lowest BCUT2D eigenvalue weighted by atomic mass is 9.74. The molecule has 1 aromatic carbocycles. The highest BCUT2D eigenvalue weighted by Gasteiger charge is 2.54. The second-order valence-electron chi connectivity index (χ2n) is 8.57. The summed E-state index contributed by atoms with van der Waals surface area (Å²) in [5.74, 6) is 1.47. The Kier molecular flexibility index (Phi) is 5.80. The quantitative estimate of drug-likeness (QED) is 0.748. The van der Waals surface area contributed by atoms with E-state index in [9.17, 15) is 9.59 Å². The number of fused-ring (bicyclic) bond motifs is 1. The van der Waals surface area contributed by atoms with E-state index in [4.69, 9.17) is 4.74 Å². The zero-order chi connectivity index (χ0) is 22.0. The molecule has 0 N–H and O–H groups in total. The highest BCUT2D eigenvalue weighted by molar-refractivity contribution is 5.94. The van der Waals surface area contributed by atoms with Crippen molar-refractivity contribution in [2.45, 2.75) is 12.8 Å². The summed E-state index contributed by atoms with van der Waals surface area (Å²) < 4.78 is 5.20. The van der Waals surface area contributed by atoms with Gasteiger partial charge in [-0.25, -0.2) is 9.97 Å². The largest absolute Gasteiger partial charge is 0.497 e. The number of methoxy groups -OCH3 is 1. The van der Waals surface area contributed by atoms with Gasteiger partial charge in [0, 0.05) is 64.1 Å². The van der Waals surface area contributed by atoms with Crippen LogP contribution < -0.4 is 9.64 Å². The zero-order valence-corrected chi connectivity index (χ0v) is 18.3. The Bertz CT molecular complexity index is 934. The topological polar surface area (TPSA) is 78.9 Å². The highest BCUT2D eigenvalue weighted by atomic mass is 16.5. The summed E-state index contributed by atoms with van der Waals surface area (Å²) in [6.07, 6.45) is 4.96. The lowest BCUT2D eigenvalue weighted by Gasteiger charge is -2.34. The Balaban J connectivity index is 1.61. The molecule has 31 heavy (non-hydrogen) atoms. The molecular formula is C23H29N5O3. The number of ether oxygens (including phenoxy) is 1. The van der Waals surface area contributed by atoms with Crippen molar-refractivity contribution in [2.24, 2.45) is 11.3 Å². The average Bonchev–Trinajstić information content (AvgIpc) is 3.07. The number of likely N-dealkylation sites (tertiary alicyclic amines) is 1. The number of rotatable bonds is 4. The second kappa shape index (κ2) is 8.53. The fraction of sp³-hybridized carbons (Fsp3) is 0.478. The summed E-state index contributed by atoms with van der Waals surface area (Å²) in [7, 11) is 5.22. The number of carbonyl (C=O) groups excluding carboxylic acids is 2. The number of nitrogens with zero attached hydrogens (tertiary/aromatic N) is 5. The third-order valence-electron chi connectivity index (χ3n) is 6.48. The summed E-state index contributed by atoms with van der Waals surface area (Å²) >= 11 is 0. The molecule has 8 heteroatoms. The number of benzene rings is 1. The van der Waals surface area contributed by atoms with Gasteiger partial charge in [-0.1, -0.05) is 0 Å². The Morgan fingerprint density at radius 2 is 1.84 bits per heavy atom. The van der Waals surface area contributed by atoms with Gasteiger partial charge in [0.2, 0.25) is 11.9 Å². The maximum Gasteiger partial charge on any atom is 0.253 e. The Hall–Kier alpha value is -3.16. The molecule has 0 radical (unpaired) electrons. The minimum atomic E-state index is -0.544. The van der Waals surface area contributed by atoms with Crippen LogP contribution in [0.15, 0.2) is 42.7 Å². The first-order chi connectivity index (χ1) is 14.9. The van der Waals surface area contributed by atoms with Gasteiger partial charge in [-0.05, 0) is 43.2 Å². The van der Waals surface area contributed by atoms with E-state index in [-0.39, 0.29) is 17.7 Å². The SMILES string of the molecule is COc1ccc(C(=O)N2CCC[C@]3(C(=O)N(C)C)CN(c4ncccn4)C[C@@H]3C2)cc1. The lowest BCUT2D eigenvalue weighted by Crippen LogP contribution is -2.47. The van der Waals surface area contributed by atoms with Gasteiger partial charge in [0.15, 0.2) is 0 Å². The normalized spacial score (nSPS) is 23.1. The van der Waals surface area contributed by atoms with Gasteiger partial charge in [0.25, 0.3) is 5.91 Å². The van der Waals surface area contributed by atoms with E-state index >= 15 is 0 Å². The van der Waals surface area contributed by atoms with Crippen LogP contribution in [0.1, 0.15) is 23.2 Å². The molecule has 3 heterocycles. The van der Waals surface area contributed by atoms with Gasteiger partial charge in [0.05, 0.1) is 12.5 Å². The van der Waals surface area contributed by atoms with Crippen LogP contribution >= 0.6 is 0 Å². The molecule has 2 fully saturated rings. The third-order valence-corrected chi connectivity index (χ3v) is 6.48. The Labute approximate surface area is 182 Å². The second-order valence-corrected chi connectivity index (χ2v) is 8.57. The molecule has 0 aliphatic carbocycles. The molecule has 2 amide bonds. The molecule has 8 nitrogen and oxygen atoms in total. The van der Waals surface area contributed by atoms with Crippen molar-refractivity contribution < 1.29 is 14.3 Å². The van der Waals surface area contributed by atoms with Gasteiger partial charge in [-0.2, -0.15) is 0 Å². The Morgan fingerprint density at radius 3 is 2.48 bits per heavy atom. The van der Waals surface area contributed by atoms with Crippen molar-refractivity contribution in [2.75, 3.05) is 52.3 Å². The minimum absolute atomic E-state index is 0.00911. The number of hydrogen-bond donors (Lipinski definition) is 0. The van der Waals surface area contributed by atoms with Crippen LogP contribution in [0.4, 0.5) is 5.95 Å². The summed E-state index contributed by atoms with van der Waals surface area (Å²) in [5, 5.41) is 0. The van der Waals surface area contributed by atoms with Crippen molar-refractivity contribution in [3.63, 3.8) is 0 Å². The summed E-state index contributed by atoms with van der Waals surface area (Å²) in [6, 6.07) is 8.98. The minimum Gasteiger partial charge on any atom is -0.497 e. The van der Waals surface area contributed by atoms with Crippen LogP contribution in [0.2, 0.25) is 0 Å². The molecule has 0 unspecified atom stereocenters. The fourth-order valence-electron chi connectivity index (χ4n) is 4.94. The number of anilines is 1. The standard InChI is InChI=1S/C23H29N5O3/c1-26(2)21(30)23-10-4-13-27(20(29)17-6-8-19(31-3)9-7-17)14-18(23)15-28(16-23)22-24-11-5-12-25-22/h5-9,11-12,18H,4,10,13-16H2,1-3H3/t18-,23-/m0/s1. The van der Waals surface area contributed by atoms with E-state index in [1.54, 1.807) is 68.8 Å². The van der Waals surface area contributed by atoms with E-state index in [2.05, 4.69) is 14.9 Å². The summed E-state index contributed by atoms with van der Waals surface area (Å²) in [5.41, 5.74) is 0.0888. The maximum atomic E-state index is 13.4. The average molecular weight is 424 g/mol. The molecule has 2 aliphatic heterocycles. The molecular weight excluding hydrogens is 394 g/mol. The summed E-state index contributed by atoms with van der Waals surface area (Å²) in [4.78, 5) is 41.1. The van der Waals surface area contributed by atoms with Crippen LogP contribution in [0.25, 0.3) is 0 Å². The first-order valence-electron chi connectivity index (χ1n) is 10.6. The lowest BCUT2D eigenvalue weighted by molar-refractivity contribution is -0.141. The molecule has 0 spiro atoms. The summed E-state index contributed by atoms with van der Waals surface area (Å²) in [6.45, 7) is 2.40. The van der Waals surface area contributed by atoms with Crippen LogP contribution in [0, 0.1) is 11.3 Å². The molecule has 2 saturated heterocycles. The smallest absolute Gasteiger partial charge is 0.253 e. The third kappa shape index (κ3) is 3.94. The fourth-order valence-corrected chi connectivity index (χ4v) is 4.94. The van der Waals surface area contributed by atoms with Crippen LogP contribution in [-0.4, -0.2) is 79.0 Å². The van der Waals surface area contributed by atoms with Crippen molar-refractivity contribution >= 4 is 17.8 Å². The number of carbonyl (C=O) groups is 2. The molecule has 0 bridgehead atoms. The molecule has 2 atom stereocenters. The number of amides is 2. The molecule has 4 rings (SSSR count). The number of hydrogen-bond acceptors (Lipinski definition) is 6. The van der Waals surface area contributed by atoms with E-state index < -0.39 is 5.41 Å². The molecule has 2 aromatic rings. The van der Waals surface area contributed by atoms with Crippen LogP contribution in [0.3, 0.4) is 0 Å². The molecule has 1 aromatic heterocycles. The van der Waals surface area contributed by atoms with Gasteiger partial charge in [-0.15, -0.1) is 0 Å². The van der Waals surface area contributed by atoms with E-state index in [1.165, 1.54) is 0 Å². The first-order valence-corrected chi connectivity index (χ1v) is 10.6. The van der Waals surface area contributed by atoms with Crippen LogP contribution in [0.5, 0.6) is 5.75 Å². The molecule has 164 valence electrons. The predicted octanol–water partition coefficient (Wildman–Crippen LogP) is 1.93. The van der Waals surface area contributed by atoms with E-state index in [0.29, 0.717) is 37.7 Å². The van der Waals surface area contributed by atoms with Crippen LogP contribution in [-0.2, 0) is 4.79 Å². The molecule has 2 aliphatic rings. The highest BCUT2D eigenvalue weighted by Crippen LogP contribution is 2.44. The zero-order valence-electron chi connectivity index (χ0n) is 18.3. The predicted molar refractivity (Wildman–Crippen MR) is 117 cm³/mol. The van der Waals surface area contributed by atoms with E-state index in [1.807, 2.05) is 4.90 Å². The van der Waals surface area contributed by atoms with Gasteiger partial charge < -0.3 is 19.4 Å². The number of aromatic nitrogens is 2. The van der Waals surface area contributed by atoms with E-state index in [0.717, 1.165) is 18.6 Å². The Morgan fingerprint density at radius 1 is 1.13 bits per heavy atom. The van der Waals surface area contributed by atoms with Crippen molar-refractivity contribution in [3.8, 4) is 5.75 Å². The monoisotopic (exact) mass is 423 g/mol. The van der Waals surface area contributed by atoms with Gasteiger partial charge in [0.1, 0.15) is 5.75 Å². The van der Waals surface area contributed by atoms with Crippen molar-refractivity contribution in [1.82, 2.24) is 19.8 Å². The van der Waals surface area contributed by atoms with Gasteiger partial charge >= 0.3 is 0 Å². The van der Waals surface area contributed by atoms with Crippen molar-refractivity contribution in [3.05, 3.63) is 48.3 Å². The van der Waals surface area contributed by atoms with Gasteiger partial charge in [-0.3, -0.25) is 9.59 Å². The first kappa shape index (κ1) is 21.1. The van der Waals surface area contributed by atoms with Crippen molar-refractivity contribution in [1.29, 1.82) is 0 Å².